The van der Waals surface area contributed by atoms with E-state index in [4.69, 9.17) is 0 Å². The quantitative estimate of drug-likeness (QED) is 0.848. The van der Waals surface area contributed by atoms with Crippen molar-refractivity contribution in [2.75, 3.05) is 18.5 Å². The van der Waals surface area contributed by atoms with E-state index in [9.17, 15) is 9.90 Å². The van der Waals surface area contributed by atoms with Crippen LogP contribution in [-0.4, -0.2) is 24.7 Å². The number of anilines is 1. The first-order valence-corrected chi connectivity index (χ1v) is 7.55. The minimum absolute atomic E-state index is 0.574. The van der Waals surface area contributed by atoms with Gasteiger partial charge in [0.05, 0.1) is 5.41 Å². The molecule has 110 valence electrons. The van der Waals surface area contributed by atoms with Crippen LogP contribution in [0.5, 0.6) is 0 Å². The molecule has 0 heterocycles. The van der Waals surface area contributed by atoms with Crippen molar-refractivity contribution in [1.82, 2.24) is 0 Å². The van der Waals surface area contributed by atoms with Crippen LogP contribution in [0, 0.1) is 12.3 Å². The Morgan fingerprint density at radius 2 is 1.90 bits per heavy atom. The summed E-state index contributed by atoms with van der Waals surface area (Å²) in [6.45, 7) is 2.67. The molecule has 0 radical (unpaired) electrons. The molecule has 20 heavy (non-hydrogen) atoms. The lowest BCUT2D eigenvalue weighted by molar-refractivity contribution is -0.149. The van der Waals surface area contributed by atoms with E-state index in [1.807, 2.05) is 13.1 Å². The molecule has 0 aromatic heterocycles. The number of aryl methyl sites for hydroxylation is 1. The molecular weight excluding hydrogens is 250 g/mol. The summed E-state index contributed by atoms with van der Waals surface area (Å²) in [6, 6.07) is 8.27. The van der Waals surface area contributed by atoms with E-state index in [-0.39, 0.29) is 0 Å². The van der Waals surface area contributed by atoms with Gasteiger partial charge in [-0.15, -0.1) is 0 Å². The van der Waals surface area contributed by atoms with Gasteiger partial charge in [0.1, 0.15) is 0 Å². The van der Waals surface area contributed by atoms with Gasteiger partial charge in [-0.25, -0.2) is 0 Å². The predicted molar refractivity (Wildman–Crippen MR) is 82.2 cm³/mol. The first-order chi connectivity index (χ1) is 9.53. The smallest absolute Gasteiger partial charge is 0.311 e. The molecule has 1 N–H and O–H groups in total. The molecule has 2 rings (SSSR count). The molecule has 1 aromatic carbocycles. The molecule has 1 aliphatic carbocycles. The normalized spacial score (nSPS) is 18.3. The number of rotatable bonds is 4. The number of hydrogen-bond donors (Lipinski definition) is 1. The van der Waals surface area contributed by atoms with Gasteiger partial charge in [-0.1, -0.05) is 37.8 Å². The molecule has 0 bridgehead atoms. The van der Waals surface area contributed by atoms with Crippen molar-refractivity contribution in [1.29, 1.82) is 0 Å². The Balaban J connectivity index is 2.17. The van der Waals surface area contributed by atoms with Gasteiger partial charge in [0.2, 0.25) is 0 Å². The highest BCUT2D eigenvalue weighted by atomic mass is 16.4. The van der Waals surface area contributed by atoms with Crippen molar-refractivity contribution in [3.8, 4) is 0 Å². The van der Waals surface area contributed by atoms with Crippen LogP contribution in [0.4, 0.5) is 5.69 Å². The highest BCUT2D eigenvalue weighted by Crippen LogP contribution is 2.37. The Kier molecular flexibility index (Phi) is 4.69. The van der Waals surface area contributed by atoms with Crippen LogP contribution < -0.4 is 4.90 Å². The number of nitrogens with zero attached hydrogens (tertiary/aromatic N) is 1. The summed E-state index contributed by atoms with van der Waals surface area (Å²) in [6.07, 6.45) is 6.02. The molecule has 0 atom stereocenters. The van der Waals surface area contributed by atoms with Gasteiger partial charge in [0.15, 0.2) is 0 Å². The molecule has 1 aromatic rings. The van der Waals surface area contributed by atoms with Gasteiger partial charge in [-0.3, -0.25) is 4.79 Å². The molecule has 0 saturated heterocycles. The highest BCUT2D eigenvalue weighted by Gasteiger charge is 2.39. The number of carboxylic acid groups (broad SMARTS) is 1. The van der Waals surface area contributed by atoms with Crippen molar-refractivity contribution in [2.45, 2.75) is 45.4 Å². The molecule has 0 spiro atoms. The molecular formula is C17H25NO2. The number of hydrogen-bond acceptors (Lipinski definition) is 2. The lowest BCUT2D eigenvalue weighted by atomic mass is 9.80. The zero-order valence-corrected chi connectivity index (χ0v) is 12.6. The fourth-order valence-electron chi connectivity index (χ4n) is 3.26. The van der Waals surface area contributed by atoms with Crippen molar-refractivity contribution < 1.29 is 9.90 Å². The van der Waals surface area contributed by atoms with Crippen molar-refractivity contribution in [2.24, 2.45) is 5.41 Å². The van der Waals surface area contributed by atoms with Gasteiger partial charge in [-0.05, 0) is 37.5 Å². The third kappa shape index (κ3) is 3.33. The third-order valence-corrected chi connectivity index (χ3v) is 4.50. The molecule has 3 nitrogen and oxygen atoms in total. The Labute approximate surface area is 121 Å². The van der Waals surface area contributed by atoms with Crippen molar-refractivity contribution in [3.05, 3.63) is 29.8 Å². The molecule has 0 unspecified atom stereocenters. The van der Waals surface area contributed by atoms with Crippen LogP contribution in [0.15, 0.2) is 24.3 Å². The SMILES string of the molecule is Cc1cccc(N(C)CC2(C(=O)O)CCCCCC2)c1. The van der Waals surface area contributed by atoms with Gasteiger partial charge in [0, 0.05) is 19.3 Å². The molecule has 1 aliphatic rings. The maximum absolute atomic E-state index is 11.8. The number of aliphatic carboxylic acids is 1. The van der Waals surface area contributed by atoms with Gasteiger partial charge >= 0.3 is 5.97 Å². The van der Waals surface area contributed by atoms with E-state index in [1.165, 1.54) is 18.4 Å². The molecule has 3 heteroatoms. The van der Waals surface area contributed by atoms with E-state index in [1.54, 1.807) is 0 Å². The standard InChI is InChI=1S/C17H25NO2/c1-14-8-7-9-15(12-14)18(2)13-17(16(19)20)10-5-3-4-6-11-17/h7-9,12H,3-6,10-11,13H2,1-2H3,(H,19,20). The Morgan fingerprint density at radius 1 is 1.25 bits per heavy atom. The van der Waals surface area contributed by atoms with Crippen LogP contribution in [-0.2, 0) is 4.79 Å². The summed E-state index contributed by atoms with van der Waals surface area (Å²) in [5, 5.41) is 9.74. The minimum atomic E-state index is -0.626. The molecule has 1 fully saturated rings. The van der Waals surface area contributed by atoms with E-state index in [2.05, 4.69) is 30.0 Å². The van der Waals surface area contributed by atoms with Crippen molar-refractivity contribution in [3.63, 3.8) is 0 Å². The fourth-order valence-corrected chi connectivity index (χ4v) is 3.26. The second-order valence-corrected chi connectivity index (χ2v) is 6.19. The van der Waals surface area contributed by atoms with Crippen LogP contribution in [0.3, 0.4) is 0 Å². The van der Waals surface area contributed by atoms with Gasteiger partial charge in [0.25, 0.3) is 0 Å². The Bertz CT molecular complexity index is 462. The Hall–Kier alpha value is -1.51. The molecule has 0 aliphatic heterocycles. The summed E-state index contributed by atoms with van der Waals surface area (Å²) in [5.41, 5.74) is 1.74. The van der Waals surface area contributed by atoms with Gasteiger partial charge in [-0.2, -0.15) is 0 Å². The van der Waals surface area contributed by atoms with Crippen LogP contribution >= 0.6 is 0 Å². The van der Waals surface area contributed by atoms with E-state index < -0.39 is 11.4 Å². The van der Waals surface area contributed by atoms with Crippen LogP contribution in [0.1, 0.15) is 44.1 Å². The summed E-state index contributed by atoms with van der Waals surface area (Å²) in [4.78, 5) is 13.9. The zero-order valence-electron chi connectivity index (χ0n) is 12.6. The second kappa shape index (κ2) is 6.29. The lowest BCUT2D eigenvalue weighted by Gasteiger charge is -2.33. The summed E-state index contributed by atoms with van der Waals surface area (Å²) >= 11 is 0. The first-order valence-electron chi connectivity index (χ1n) is 7.55. The minimum Gasteiger partial charge on any atom is -0.481 e. The van der Waals surface area contributed by atoms with E-state index >= 15 is 0 Å². The average Bonchev–Trinajstić information content (AvgIpc) is 2.65. The molecule has 0 amide bonds. The number of benzene rings is 1. The first kappa shape index (κ1) is 14.9. The second-order valence-electron chi connectivity index (χ2n) is 6.19. The maximum Gasteiger partial charge on any atom is 0.311 e. The zero-order chi connectivity index (χ0) is 14.6. The summed E-state index contributed by atoms with van der Waals surface area (Å²) in [5.74, 6) is -0.626. The van der Waals surface area contributed by atoms with Crippen LogP contribution in [0.2, 0.25) is 0 Å². The van der Waals surface area contributed by atoms with Gasteiger partial charge < -0.3 is 10.0 Å². The number of carboxylic acids is 1. The average molecular weight is 275 g/mol. The van der Waals surface area contributed by atoms with E-state index in [0.29, 0.717) is 6.54 Å². The largest absolute Gasteiger partial charge is 0.481 e. The lowest BCUT2D eigenvalue weighted by Crippen LogP contribution is -2.41. The highest BCUT2D eigenvalue weighted by molar-refractivity contribution is 5.75. The maximum atomic E-state index is 11.8. The monoisotopic (exact) mass is 275 g/mol. The Morgan fingerprint density at radius 3 is 2.45 bits per heavy atom. The van der Waals surface area contributed by atoms with Crippen LogP contribution in [0.25, 0.3) is 0 Å². The summed E-state index contributed by atoms with van der Waals surface area (Å²) in [7, 11) is 2.00. The summed E-state index contributed by atoms with van der Waals surface area (Å²) < 4.78 is 0. The van der Waals surface area contributed by atoms with E-state index in [0.717, 1.165) is 31.4 Å². The topological polar surface area (TPSA) is 40.5 Å². The third-order valence-electron chi connectivity index (χ3n) is 4.50. The van der Waals surface area contributed by atoms with Crippen molar-refractivity contribution >= 4 is 11.7 Å². The predicted octanol–water partition coefficient (Wildman–Crippen LogP) is 3.86. The fraction of sp³-hybridized carbons (Fsp3) is 0.588. The number of carbonyl (C=O) groups is 1. The molecule has 1 saturated carbocycles.